The van der Waals surface area contributed by atoms with Crippen molar-refractivity contribution in [3.05, 3.63) is 71.8 Å². The van der Waals surface area contributed by atoms with Crippen LogP contribution < -0.4 is 0 Å². The maximum absolute atomic E-state index is 10.5. The predicted octanol–water partition coefficient (Wildman–Crippen LogP) is 8.71. The molecular formula is C30H50O2Sn2. The van der Waals surface area contributed by atoms with Crippen molar-refractivity contribution in [3.63, 3.8) is 0 Å². The topological polar surface area (TPSA) is 40.5 Å². The van der Waals surface area contributed by atoms with Crippen LogP contribution in [0.4, 0.5) is 0 Å². The second-order valence-electron chi connectivity index (χ2n) is 9.36. The zero-order valence-corrected chi connectivity index (χ0v) is 28.0. The van der Waals surface area contributed by atoms with Gasteiger partial charge in [-0.15, -0.1) is 0 Å². The molecule has 0 bridgehead atoms. The molecule has 190 valence electrons. The van der Waals surface area contributed by atoms with Crippen LogP contribution >= 0.6 is 0 Å². The molecule has 0 amide bonds. The molecule has 2 atom stereocenters. The average Bonchev–Trinajstić information content (AvgIpc) is 2.89. The van der Waals surface area contributed by atoms with Crippen LogP contribution in [-0.2, 0) is 0 Å². The van der Waals surface area contributed by atoms with Gasteiger partial charge < -0.3 is 0 Å². The molecule has 0 aliphatic carbocycles. The SMILES string of the molecule is CCC[CH2][Sn]([CH2]CCC)[CH](O)c1ccccc1.CCC[CH2][Sn]([CH2]CCC)[CH](O)c1ccccc1. The van der Waals surface area contributed by atoms with E-state index in [1.807, 2.05) is 36.4 Å². The van der Waals surface area contributed by atoms with Crippen LogP contribution in [0.3, 0.4) is 0 Å². The zero-order chi connectivity index (χ0) is 25.0. The fourth-order valence-corrected chi connectivity index (χ4v) is 21.7. The molecule has 0 aromatic heterocycles. The summed E-state index contributed by atoms with van der Waals surface area (Å²) in [5.74, 6) is 0. The third-order valence-electron chi connectivity index (χ3n) is 6.41. The minimum atomic E-state index is -1.64. The van der Waals surface area contributed by atoms with E-state index >= 15 is 0 Å². The normalized spacial score (nSPS) is 12.9. The van der Waals surface area contributed by atoms with Crippen LogP contribution in [-0.4, -0.2) is 49.7 Å². The van der Waals surface area contributed by atoms with Crippen molar-refractivity contribution in [2.75, 3.05) is 0 Å². The Bertz CT molecular complexity index is 618. The van der Waals surface area contributed by atoms with Gasteiger partial charge in [0.15, 0.2) is 0 Å². The van der Waals surface area contributed by atoms with Gasteiger partial charge in [-0.2, -0.15) is 0 Å². The van der Waals surface area contributed by atoms with Crippen molar-refractivity contribution in [3.8, 4) is 0 Å². The number of aliphatic hydroxyl groups is 2. The first kappa shape index (κ1) is 32.0. The Hall–Kier alpha value is -0.0426. The second kappa shape index (κ2) is 21.1. The van der Waals surface area contributed by atoms with Crippen LogP contribution in [0.5, 0.6) is 0 Å². The van der Waals surface area contributed by atoms with E-state index in [1.165, 1.54) is 69.1 Å². The van der Waals surface area contributed by atoms with Gasteiger partial charge in [0.05, 0.1) is 0 Å². The Morgan fingerprint density at radius 1 is 0.500 bits per heavy atom. The number of benzene rings is 2. The van der Waals surface area contributed by atoms with Gasteiger partial charge in [0.1, 0.15) is 0 Å². The minimum absolute atomic E-state index is 0.0864. The van der Waals surface area contributed by atoms with Crippen LogP contribution in [0.1, 0.15) is 98.4 Å². The summed E-state index contributed by atoms with van der Waals surface area (Å²) in [7, 11) is 0. The molecule has 2 nitrogen and oxygen atoms in total. The Kier molecular flexibility index (Phi) is 19.8. The summed E-state index contributed by atoms with van der Waals surface area (Å²) in [6.45, 7) is 8.98. The molecular weight excluding hydrogens is 630 g/mol. The Balaban J connectivity index is 0.000000340. The van der Waals surface area contributed by atoms with Gasteiger partial charge in [-0.1, -0.05) is 0 Å². The molecule has 0 fully saturated rings. The maximum atomic E-state index is 10.5. The van der Waals surface area contributed by atoms with E-state index in [1.54, 1.807) is 0 Å². The molecule has 2 unspecified atom stereocenters. The summed E-state index contributed by atoms with van der Waals surface area (Å²) in [6.07, 6.45) is 10.3. The van der Waals surface area contributed by atoms with Gasteiger partial charge in [0.2, 0.25) is 0 Å². The van der Waals surface area contributed by atoms with Crippen molar-refractivity contribution in [1.82, 2.24) is 0 Å². The summed E-state index contributed by atoms with van der Waals surface area (Å²) in [5.41, 5.74) is 2.32. The van der Waals surface area contributed by atoms with E-state index in [2.05, 4.69) is 52.0 Å². The molecule has 0 heterocycles. The first-order valence-electron chi connectivity index (χ1n) is 13.7. The van der Waals surface area contributed by atoms with Crippen molar-refractivity contribution in [2.24, 2.45) is 0 Å². The van der Waals surface area contributed by atoms with Crippen LogP contribution in [0.15, 0.2) is 60.7 Å². The van der Waals surface area contributed by atoms with Gasteiger partial charge in [0, 0.05) is 0 Å². The Morgan fingerprint density at radius 3 is 1.00 bits per heavy atom. The molecule has 0 spiro atoms. The average molecular weight is 680 g/mol. The van der Waals surface area contributed by atoms with E-state index in [0.717, 1.165) is 11.1 Å². The molecule has 34 heavy (non-hydrogen) atoms. The second-order valence-corrected chi connectivity index (χ2v) is 25.7. The third kappa shape index (κ3) is 13.3. The van der Waals surface area contributed by atoms with Crippen molar-refractivity contribution in [2.45, 2.75) is 105 Å². The fraction of sp³-hybridized carbons (Fsp3) is 0.600. The summed E-state index contributed by atoms with van der Waals surface area (Å²) < 4.78 is 5.20. The van der Waals surface area contributed by atoms with Crippen molar-refractivity contribution in [1.29, 1.82) is 0 Å². The fourth-order valence-electron chi connectivity index (χ4n) is 4.15. The molecule has 2 aromatic carbocycles. The zero-order valence-electron chi connectivity index (χ0n) is 22.3. The monoisotopic (exact) mass is 682 g/mol. The molecule has 4 heteroatoms. The first-order chi connectivity index (χ1) is 16.6. The van der Waals surface area contributed by atoms with E-state index in [4.69, 9.17) is 0 Å². The van der Waals surface area contributed by atoms with E-state index in [9.17, 15) is 10.2 Å². The van der Waals surface area contributed by atoms with Gasteiger partial charge >= 0.3 is 227 Å². The molecule has 0 saturated carbocycles. The number of unbranched alkanes of at least 4 members (excludes halogenated alkanes) is 4. The van der Waals surface area contributed by atoms with E-state index < -0.39 is 39.5 Å². The van der Waals surface area contributed by atoms with Crippen LogP contribution in [0, 0.1) is 0 Å². The van der Waals surface area contributed by atoms with Crippen LogP contribution in [0.2, 0.25) is 17.7 Å². The summed E-state index contributed by atoms with van der Waals surface area (Å²) in [6, 6.07) is 20.6. The quantitative estimate of drug-likeness (QED) is 0.174. The third-order valence-corrected chi connectivity index (χ3v) is 24.1. The summed E-state index contributed by atoms with van der Waals surface area (Å²) in [4.78, 5) is 0. The number of hydrogen-bond acceptors (Lipinski definition) is 2. The van der Waals surface area contributed by atoms with Crippen molar-refractivity contribution >= 4 is 39.5 Å². The van der Waals surface area contributed by atoms with E-state index in [-0.39, 0.29) is 8.24 Å². The molecule has 0 aliphatic heterocycles. The van der Waals surface area contributed by atoms with Crippen molar-refractivity contribution < 1.29 is 10.2 Å². The van der Waals surface area contributed by atoms with Crippen LogP contribution in [0.25, 0.3) is 0 Å². The van der Waals surface area contributed by atoms with Gasteiger partial charge in [-0.05, 0) is 0 Å². The Morgan fingerprint density at radius 2 is 0.765 bits per heavy atom. The summed E-state index contributed by atoms with van der Waals surface area (Å²) >= 11 is -3.29. The standard InChI is InChI=1S/2C7H7O.4C4H9.2Sn/c2*8-6-7-4-2-1-3-5-7;4*1-3-4-2;;/h2*1-6,8H;4*1,3-4H2,2H3;;. The number of aliphatic hydroxyl groups excluding tert-OH is 2. The van der Waals surface area contributed by atoms with E-state index in [0.29, 0.717) is 0 Å². The Labute approximate surface area is 225 Å². The first-order valence-corrected chi connectivity index (χ1v) is 25.1. The summed E-state index contributed by atoms with van der Waals surface area (Å²) in [5, 5.41) is 21.0. The molecule has 0 aliphatic rings. The predicted molar refractivity (Wildman–Crippen MR) is 153 cm³/mol. The van der Waals surface area contributed by atoms with Gasteiger partial charge in [-0.3, -0.25) is 0 Å². The van der Waals surface area contributed by atoms with Gasteiger partial charge in [0.25, 0.3) is 0 Å². The molecule has 2 N–H and O–H groups in total. The molecule has 0 saturated heterocycles. The number of rotatable bonds is 16. The number of hydrogen-bond donors (Lipinski definition) is 2. The molecule has 2 aromatic rings. The molecule has 2 radical (unpaired) electrons. The van der Waals surface area contributed by atoms with Gasteiger partial charge in [-0.25, -0.2) is 0 Å². The molecule has 2 rings (SSSR count).